The van der Waals surface area contributed by atoms with Crippen LogP contribution in [0.15, 0.2) is 83.9 Å². The Balaban J connectivity index is 1.73. The molecule has 0 saturated carbocycles. The maximum atomic E-state index is 11.9. The number of nitrogens with one attached hydrogen (secondary N) is 1. The topological polar surface area (TPSA) is 62.1 Å². The summed E-state index contributed by atoms with van der Waals surface area (Å²) < 4.78 is 6.33. The van der Waals surface area contributed by atoms with Crippen LogP contribution < -0.4 is 10.1 Å². The van der Waals surface area contributed by atoms with Crippen molar-refractivity contribution in [2.45, 2.75) is 25.2 Å². The lowest BCUT2D eigenvalue weighted by Crippen LogP contribution is -2.27. The molecule has 1 aliphatic heterocycles. The average molecular weight is 427 g/mol. The van der Waals surface area contributed by atoms with Crippen LogP contribution in [0.1, 0.15) is 36.3 Å². The van der Waals surface area contributed by atoms with Crippen LogP contribution in [0, 0.1) is 11.3 Å². The number of allylic oxidation sites excluding steroid dienone is 3. The van der Waals surface area contributed by atoms with Crippen molar-refractivity contribution in [3.05, 3.63) is 100 Å². The van der Waals surface area contributed by atoms with Crippen LogP contribution in [0.2, 0.25) is 5.02 Å². The van der Waals surface area contributed by atoms with E-state index < -0.39 is 0 Å². The summed E-state index contributed by atoms with van der Waals surface area (Å²) in [5.74, 6) is 0.760. The molecule has 31 heavy (non-hydrogen) atoms. The van der Waals surface area contributed by atoms with Crippen LogP contribution in [-0.4, -0.2) is 5.78 Å². The van der Waals surface area contributed by atoms with E-state index in [2.05, 4.69) is 11.4 Å². The van der Waals surface area contributed by atoms with E-state index in [0.717, 1.165) is 40.4 Å². The van der Waals surface area contributed by atoms with Gasteiger partial charge in [0.2, 0.25) is 5.88 Å². The average Bonchev–Trinajstić information content (AvgIpc) is 2.78. The van der Waals surface area contributed by atoms with E-state index in [1.165, 1.54) is 0 Å². The number of rotatable bonds is 3. The molecule has 1 aliphatic carbocycles. The molecule has 1 unspecified atom stereocenters. The maximum Gasteiger partial charge on any atom is 0.212 e. The third kappa shape index (κ3) is 3.48. The molecule has 1 N–H and O–H groups in total. The summed E-state index contributed by atoms with van der Waals surface area (Å²) in [6.07, 6.45) is 3.67. The normalized spacial score (nSPS) is 18.1. The number of halogens is 1. The summed E-state index contributed by atoms with van der Waals surface area (Å²) in [6, 6.07) is 21.9. The third-order valence-corrected chi connectivity index (χ3v) is 6.12. The standard InChI is InChI=1S/C26H19ClN2O2/c27-23-11-4-3-10-20(23)24-21-13-12-16-6-1-2-9-19(16)25(21)31-26(22(24)15-28)29-17-7-5-8-18(30)14-17/h1-4,6,9-14,24,29H,5,7-8H2. The molecule has 4 nitrogen and oxygen atoms in total. The molecule has 5 heteroatoms. The predicted octanol–water partition coefficient (Wildman–Crippen LogP) is 5.98. The Morgan fingerprint density at radius 3 is 2.61 bits per heavy atom. The van der Waals surface area contributed by atoms with Gasteiger partial charge in [-0.3, -0.25) is 4.79 Å². The molecular formula is C26H19ClN2O2. The Morgan fingerprint density at radius 2 is 1.81 bits per heavy atom. The number of ether oxygens (including phenoxy) is 1. The van der Waals surface area contributed by atoms with Crippen molar-refractivity contribution in [2.75, 3.05) is 0 Å². The number of nitrogens with zero attached hydrogens (tertiary/aromatic N) is 1. The summed E-state index contributed by atoms with van der Waals surface area (Å²) >= 11 is 6.57. The van der Waals surface area contributed by atoms with Gasteiger partial charge in [-0.05, 0) is 29.9 Å². The highest BCUT2D eigenvalue weighted by atomic mass is 35.5. The number of carbonyl (C=O) groups is 1. The van der Waals surface area contributed by atoms with Crippen molar-refractivity contribution in [1.82, 2.24) is 5.32 Å². The van der Waals surface area contributed by atoms with E-state index in [-0.39, 0.29) is 11.7 Å². The van der Waals surface area contributed by atoms with E-state index >= 15 is 0 Å². The van der Waals surface area contributed by atoms with Gasteiger partial charge in [-0.25, -0.2) is 0 Å². The number of hydrogen-bond acceptors (Lipinski definition) is 4. The molecule has 0 spiro atoms. The molecule has 0 bridgehead atoms. The van der Waals surface area contributed by atoms with Gasteiger partial charge in [-0.15, -0.1) is 0 Å². The Bertz CT molecular complexity index is 1320. The zero-order chi connectivity index (χ0) is 21.4. The second kappa shape index (κ2) is 7.94. The van der Waals surface area contributed by atoms with Gasteiger partial charge in [0.1, 0.15) is 17.4 Å². The molecular weight excluding hydrogens is 408 g/mol. The minimum Gasteiger partial charge on any atom is -0.439 e. The quantitative estimate of drug-likeness (QED) is 0.559. The van der Waals surface area contributed by atoms with Gasteiger partial charge >= 0.3 is 0 Å². The zero-order valence-corrected chi connectivity index (χ0v) is 17.4. The third-order valence-electron chi connectivity index (χ3n) is 5.77. The molecule has 152 valence electrons. The minimum atomic E-state index is -0.380. The molecule has 3 aromatic rings. The molecule has 1 atom stereocenters. The van der Waals surface area contributed by atoms with Crippen molar-refractivity contribution < 1.29 is 9.53 Å². The van der Waals surface area contributed by atoms with Crippen molar-refractivity contribution in [3.8, 4) is 11.8 Å². The number of hydrogen-bond donors (Lipinski definition) is 1. The van der Waals surface area contributed by atoms with Gasteiger partial charge in [0.15, 0.2) is 5.78 Å². The molecule has 0 amide bonds. The first-order valence-corrected chi connectivity index (χ1v) is 10.6. The highest BCUT2D eigenvalue weighted by Gasteiger charge is 2.34. The smallest absolute Gasteiger partial charge is 0.212 e. The Kier molecular flexibility index (Phi) is 4.97. The Hall–Kier alpha value is -3.55. The fraction of sp³-hybridized carbons (Fsp3) is 0.154. The van der Waals surface area contributed by atoms with E-state index in [9.17, 15) is 10.1 Å². The second-order valence-electron chi connectivity index (χ2n) is 7.73. The van der Waals surface area contributed by atoms with Gasteiger partial charge in [-0.2, -0.15) is 5.26 Å². The fourth-order valence-electron chi connectivity index (χ4n) is 4.32. The molecule has 0 radical (unpaired) electrons. The van der Waals surface area contributed by atoms with E-state index in [1.54, 1.807) is 6.08 Å². The molecule has 1 heterocycles. The number of ketones is 1. The molecule has 3 aromatic carbocycles. The van der Waals surface area contributed by atoms with Crippen LogP contribution in [-0.2, 0) is 4.79 Å². The lowest BCUT2D eigenvalue weighted by atomic mass is 9.82. The first-order chi connectivity index (χ1) is 15.2. The molecule has 2 aliphatic rings. The predicted molar refractivity (Wildman–Crippen MR) is 121 cm³/mol. The fourth-order valence-corrected chi connectivity index (χ4v) is 4.57. The molecule has 0 fully saturated rings. The van der Waals surface area contributed by atoms with Crippen LogP contribution in [0.3, 0.4) is 0 Å². The molecule has 0 aromatic heterocycles. The highest BCUT2D eigenvalue weighted by Crippen LogP contribution is 2.47. The Labute approximate surface area is 185 Å². The van der Waals surface area contributed by atoms with Gasteiger partial charge in [0.25, 0.3) is 0 Å². The van der Waals surface area contributed by atoms with Crippen LogP contribution in [0.25, 0.3) is 10.8 Å². The van der Waals surface area contributed by atoms with Crippen LogP contribution >= 0.6 is 11.6 Å². The number of nitriles is 1. The number of benzene rings is 3. The van der Waals surface area contributed by atoms with Gasteiger partial charge in [-0.1, -0.05) is 66.2 Å². The summed E-state index contributed by atoms with van der Waals surface area (Å²) in [4.78, 5) is 11.9. The molecule has 5 rings (SSSR count). The first-order valence-electron chi connectivity index (χ1n) is 10.2. The van der Waals surface area contributed by atoms with Gasteiger partial charge < -0.3 is 10.1 Å². The van der Waals surface area contributed by atoms with Crippen LogP contribution in [0.5, 0.6) is 5.75 Å². The van der Waals surface area contributed by atoms with Crippen molar-refractivity contribution in [3.63, 3.8) is 0 Å². The number of carbonyl (C=O) groups excluding carboxylic acids is 1. The van der Waals surface area contributed by atoms with Crippen molar-refractivity contribution in [2.24, 2.45) is 0 Å². The van der Waals surface area contributed by atoms with E-state index in [1.807, 2.05) is 60.7 Å². The second-order valence-corrected chi connectivity index (χ2v) is 8.14. The largest absolute Gasteiger partial charge is 0.439 e. The highest BCUT2D eigenvalue weighted by molar-refractivity contribution is 6.31. The van der Waals surface area contributed by atoms with Crippen molar-refractivity contribution >= 4 is 28.2 Å². The summed E-state index contributed by atoms with van der Waals surface area (Å²) in [6.45, 7) is 0. The zero-order valence-electron chi connectivity index (χ0n) is 16.7. The van der Waals surface area contributed by atoms with Gasteiger partial charge in [0, 0.05) is 34.2 Å². The minimum absolute atomic E-state index is 0.0807. The SMILES string of the molecule is N#CC1=C(NC2=CC(=O)CCC2)Oc2c(ccc3ccccc23)C1c1ccccc1Cl. The lowest BCUT2D eigenvalue weighted by Gasteiger charge is -2.30. The van der Waals surface area contributed by atoms with E-state index in [4.69, 9.17) is 16.3 Å². The molecule has 0 saturated heterocycles. The van der Waals surface area contributed by atoms with E-state index in [0.29, 0.717) is 28.6 Å². The number of fused-ring (bicyclic) bond motifs is 3. The summed E-state index contributed by atoms with van der Waals surface area (Å²) in [5, 5.41) is 16.0. The van der Waals surface area contributed by atoms with Gasteiger partial charge in [0.05, 0.1) is 5.92 Å². The summed E-state index contributed by atoms with van der Waals surface area (Å²) in [5.41, 5.74) is 2.94. The first kappa shape index (κ1) is 19.4. The van der Waals surface area contributed by atoms with Crippen LogP contribution in [0.4, 0.5) is 0 Å². The lowest BCUT2D eigenvalue weighted by molar-refractivity contribution is -0.115. The monoisotopic (exact) mass is 426 g/mol. The Morgan fingerprint density at radius 1 is 1.00 bits per heavy atom. The maximum absolute atomic E-state index is 11.9. The summed E-state index contributed by atoms with van der Waals surface area (Å²) in [7, 11) is 0. The van der Waals surface area contributed by atoms with Crippen molar-refractivity contribution in [1.29, 1.82) is 5.26 Å².